The van der Waals surface area contributed by atoms with E-state index in [1.165, 1.54) is 5.69 Å². The van der Waals surface area contributed by atoms with Crippen LogP contribution in [0.1, 0.15) is 24.1 Å². The van der Waals surface area contributed by atoms with Gasteiger partial charge in [-0.2, -0.15) is 5.26 Å². The van der Waals surface area contributed by atoms with E-state index in [9.17, 15) is 10.1 Å². The van der Waals surface area contributed by atoms with E-state index in [1.807, 2.05) is 25.1 Å². The first-order valence-electron chi connectivity index (χ1n) is 13.6. The Hall–Kier alpha value is -4.81. The predicted octanol–water partition coefficient (Wildman–Crippen LogP) is 4.78. The number of aromatic nitrogens is 2. The highest BCUT2D eigenvalue weighted by atomic mass is 16.5. The number of aromatic amines is 1. The summed E-state index contributed by atoms with van der Waals surface area (Å²) in [5.74, 6) is 0.703. The van der Waals surface area contributed by atoms with E-state index in [4.69, 9.17) is 9.47 Å². The maximum Gasteiger partial charge on any atom is 0.262 e. The number of rotatable bonds is 8. The Morgan fingerprint density at radius 1 is 1.10 bits per heavy atom. The molecule has 0 unspecified atom stereocenters. The fourth-order valence-electron chi connectivity index (χ4n) is 5.15. The molecule has 0 bridgehead atoms. The molecule has 41 heavy (non-hydrogen) atoms. The molecule has 1 aliphatic rings. The number of hydrogen-bond acceptors (Lipinski definition) is 7. The highest BCUT2D eigenvalue weighted by molar-refractivity contribution is 6.06. The number of amides is 1. The van der Waals surface area contributed by atoms with Gasteiger partial charge in [-0.1, -0.05) is 18.2 Å². The topological polar surface area (TPSA) is 107 Å². The van der Waals surface area contributed by atoms with Gasteiger partial charge in [0.1, 0.15) is 17.3 Å². The number of benzene rings is 2. The first kappa shape index (κ1) is 27.7. The lowest BCUT2D eigenvalue weighted by molar-refractivity contribution is -0.117. The lowest BCUT2D eigenvalue weighted by Crippen LogP contribution is -2.44. The van der Waals surface area contributed by atoms with Crippen molar-refractivity contribution in [1.82, 2.24) is 20.2 Å². The smallest absolute Gasteiger partial charge is 0.262 e. The molecule has 1 atom stereocenters. The molecule has 9 nitrogen and oxygen atoms in total. The predicted molar refractivity (Wildman–Crippen MR) is 161 cm³/mol. The quantitative estimate of drug-likeness (QED) is 0.240. The largest absolute Gasteiger partial charge is 0.493 e. The molecule has 5 rings (SSSR count). The van der Waals surface area contributed by atoms with E-state index in [0.717, 1.165) is 53.8 Å². The number of pyridine rings is 1. The number of ether oxygens (including phenoxy) is 2. The Kier molecular flexibility index (Phi) is 8.22. The minimum absolute atomic E-state index is 0.000725. The molecule has 0 radical (unpaired) electrons. The number of piperazine rings is 1. The molecular weight excluding hydrogens is 516 g/mol. The van der Waals surface area contributed by atoms with Gasteiger partial charge in [0.25, 0.3) is 5.91 Å². The highest BCUT2D eigenvalue weighted by Gasteiger charge is 2.19. The summed E-state index contributed by atoms with van der Waals surface area (Å²) in [4.78, 5) is 25.6. The Bertz CT molecular complexity index is 1630. The summed E-state index contributed by atoms with van der Waals surface area (Å²) < 4.78 is 10.7. The van der Waals surface area contributed by atoms with Crippen LogP contribution in [0.15, 0.2) is 66.5 Å². The van der Waals surface area contributed by atoms with Crippen LogP contribution in [0.2, 0.25) is 0 Å². The second kappa shape index (κ2) is 12.1. The number of methoxy groups -OCH3 is 2. The zero-order chi connectivity index (χ0) is 28.9. The SMILES string of the molecule is COc1ccc([C@@H](C)NC(=O)/C(C#N)=C/c2c[nH]c3nccc(-c4cccc(N5CCN(C)CC5)c4)c23)cc1OC. The third-order valence-electron chi connectivity index (χ3n) is 7.55. The highest BCUT2D eigenvalue weighted by Crippen LogP contribution is 2.34. The van der Waals surface area contributed by atoms with Crippen LogP contribution in [0, 0.1) is 11.3 Å². The van der Waals surface area contributed by atoms with Crippen LogP contribution in [0.4, 0.5) is 5.69 Å². The molecule has 0 spiro atoms. The van der Waals surface area contributed by atoms with Crippen LogP contribution in [0.5, 0.6) is 11.5 Å². The summed E-state index contributed by atoms with van der Waals surface area (Å²) in [6.45, 7) is 5.87. The van der Waals surface area contributed by atoms with Crippen molar-refractivity contribution >= 4 is 28.7 Å². The van der Waals surface area contributed by atoms with Crippen LogP contribution in [-0.2, 0) is 4.79 Å². The fraction of sp³-hybridized carbons (Fsp3) is 0.281. The molecule has 3 heterocycles. The standard InChI is InChI=1S/C32H34N6O3/c1-21(22-8-9-28(40-3)29(18-22)41-4)36-32(39)24(19-33)16-25-20-35-31-30(25)27(10-11-34-31)23-6-5-7-26(17-23)38-14-12-37(2)13-15-38/h5-11,16-18,20-21H,12-15H2,1-4H3,(H,34,35)(H,36,39)/b24-16+/t21-/m1/s1. The molecule has 2 N–H and O–H groups in total. The number of anilines is 1. The molecule has 210 valence electrons. The van der Waals surface area contributed by atoms with Gasteiger partial charge >= 0.3 is 0 Å². The van der Waals surface area contributed by atoms with Crippen LogP contribution < -0.4 is 19.7 Å². The molecule has 2 aromatic heterocycles. The van der Waals surface area contributed by atoms with Crippen molar-refractivity contribution < 1.29 is 14.3 Å². The molecular formula is C32H34N6O3. The van der Waals surface area contributed by atoms with Gasteiger partial charge < -0.3 is 29.6 Å². The fourth-order valence-corrected chi connectivity index (χ4v) is 5.15. The van der Waals surface area contributed by atoms with Gasteiger partial charge in [0, 0.05) is 55.2 Å². The van der Waals surface area contributed by atoms with Gasteiger partial charge in [-0.15, -0.1) is 0 Å². The van der Waals surface area contributed by atoms with Crippen molar-refractivity contribution in [3.05, 3.63) is 77.6 Å². The summed E-state index contributed by atoms with van der Waals surface area (Å²) >= 11 is 0. The maximum absolute atomic E-state index is 13.2. The Morgan fingerprint density at radius 3 is 2.61 bits per heavy atom. The maximum atomic E-state index is 13.2. The van der Waals surface area contributed by atoms with E-state index in [-0.39, 0.29) is 11.6 Å². The zero-order valence-corrected chi connectivity index (χ0v) is 23.8. The van der Waals surface area contributed by atoms with Gasteiger partial charge in [-0.25, -0.2) is 4.98 Å². The van der Waals surface area contributed by atoms with E-state index in [2.05, 4.69) is 62.5 Å². The average molecular weight is 551 g/mol. The molecule has 2 aromatic carbocycles. The van der Waals surface area contributed by atoms with E-state index in [1.54, 1.807) is 38.8 Å². The number of H-pyrrole nitrogens is 1. The monoisotopic (exact) mass is 550 g/mol. The van der Waals surface area contributed by atoms with Gasteiger partial charge in [-0.3, -0.25) is 4.79 Å². The van der Waals surface area contributed by atoms with Crippen LogP contribution in [0.25, 0.3) is 28.2 Å². The minimum atomic E-state index is -0.466. The normalized spacial score (nSPS) is 14.9. The summed E-state index contributed by atoms with van der Waals surface area (Å²) in [6.07, 6.45) is 5.17. The second-order valence-corrected chi connectivity index (χ2v) is 10.1. The number of likely N-dealkylation sites (N-methyl/N-ethyl adjacent to an activating group) is 1. The molecule has 4 aromatic rings. The first-order chi connectivity index (χ1) is 19.9. The molecule has 0 aliphatic carbocycles. The average Bonchev–Trinajstić information content (AvgIpc) is 3.42. The lowest BCUT2D eigenvalue weighted by Gasteiger charge is -2.34. The molecule has 1 aliphatic heterocycles. The number of nitrogens with one attached hydrogen (secondary N) is 2. The van der Waals surface area contributed by atoms with Crippen LogP contribution in [-0.4, -0.2) is 68.2 Å². The Labute approximate surface area is 240 Å². The van der Waals surface area contributed by atoms with Crippen molar-refractivity contribution in [3.8, 4) is 28.7 Å². The Balaban J connectivity index is 1.43. The summed E-state index contributed by atoms with van der Waals surface area (Å²) in [6, 6.07) is 17.6. The molecule has 9 heteroatoms. The van der Waals surface area contributed by atoms with Crippen molar-refractivity contribution in [2.24, 2.45) is 0 Å². The number of fused-ring (bicyclic) bond motifs is 1. The van der Waals surface area contributed by atoms with Crippen LogP contribution in [0.3, 0.4) is 0 Å². The van der Waals surface area contributed by atoms with E-state index >= 15 is 0 Å². The van der Waals surface area contributed by atoms with Gasteiger partial charge in [0.2, 0.25) is 0 Å². The van der Waals surface area contributed by atoms with Gasteiger partial charge in [-0.05, 0) is 67.1 Å². The number of carbonyl (C=O) groups is 1. The van der Waals surface area contributed by atoms with Crippen LogP contribution >= 0.6 is 0 Å². The van der Waals surface area contributed by atoms with Crippen molar-refractivity contribution in [2.45, 2.75) is 13.0 Å². The zero-order valence-electron chi connectivity index (χ0n) is 23.8. The van der Waals surface area contributed by atoms with Crippen molar-refractivity contribution in [1.29, 1.82) is 5.26 Å². The summed E-state index contributed by atoms with van der Waals surface area (Å²) in [5, 5.41) is 13.7. The number of hydrogen-bond donors (Lipinski definition) is 2. The third kappa shape index (κ3) is 5.88. The number of nitriles is 1. The van der Waals surface area contributed by atoms with Crippen molar-refractivity contribution in [3.63, 3.8) is 0 Å². The summed E-state index contributed by atoms with van der Waals surface area (Å²) in [5.41, 5.74) is 5.44. The Morgan fingerprint density at radius 2 is 1.88 bits per heavy atom. The molecule has 1 amide bonds. The van der Waals surface area contributed by atoms with E-state index in [0.29, 0.717) is 17.1 Å². The van der Waals surface area contributed by atoms with Gasteiger partial charge in [0.15, 0.2) is 11.5 Å². The van der Waals surface area contributed by atoms with E-state index < -0.39 is 5.91 Å². The third-order valence-corrected chi connectivity index (χ3v) is 7.55. The molecule has 0 saturated carbocycles. The number of carbonyl (C=O) groups excluding carboxylic acids is 1. The first-order valence-corrected chi connectivity index (χ1v) is 13.6. The second-order valence-electron chi connectivity index (χ2n) is 10.1. The van der Waals surface area contributed by atoms with Gasteiger partial charge in [0.05, 0.1) is 20.3 Å². The molecule has 1 fully saturated rings. The summed E-state index contributed by atoms with van der Waals surface area (Å²) in [7, 11) is 5.28. The number of nitrogens with zero attached hydrogens (tertiary/aromatic N) is 4. The molecule has 1 saturated heterocycles. The lowest BCUT2D eigenvalue weighted by atomic mass is 9.99. The van der Waals surface area contributed by atoms with Crippen molar-refractivity contribution in [2.75, 3.05) is 52.3 Å². The minimum Gasteiger partial charge on any atom is -0.493 e.